The van der Waals surface area contributed by atoms with Gasteiger partial charge in [-0.05, 0) is 31.0 Å². The topological polar surface area (TPSA) is 82.2 Å². The smallest absolute Gasteiger partial charge is 0.270 e. The van der Waals surface area contributed by atoms with E-state index in [1.54, 1.807) is 24.3 Å². The average Bonchev–Trinajstić information content (AvgIpc) is 2.63. The molecule has 1 saturated heterocycles. The van der Waals surface area contributed by atoms with Gasteiger partial charge in [0.05, 0.1) is 21.9 Å². The minimum Gasteiger partial charge on any atom is -0.380 e. The molecule has 128 valence electrons. The molecular formula is C18H17FN4O2. The molecule has 0 radical (unpaired) electrons. The van der Waals surface area contributed by atoms with Crippen molar-refractivity contribution in [2.45, 2.75) is 18.9 Å². The highest BCUT2D eigenvalue weighted by molar-refractivity contribution is 5.63. The summed E-state index contributed by atoms with van der Waals surface area (Å²) in [5.74, 6) is -0.271. The third kappa shape index (κ3) is 3.69. The van der Waals surface area contributed by atoms with Crippen LogP contribution in [-0.4, -0.2) is 24.1 Å². The Bertz CT molecular complexity index is 826. The molecule has 0 atom stereocenters. The maximum absolute atomic E-state index is 13.7. The van der Waals surface area contributed by atoms with Crippen molar-refractivity contribution in [1.82, 2.24) is 0 Å². The first kappa shape index (κ1) is 16.7. The summed E-state index contributed by atoms with van der Waals surface area (Å²) in [7, 11) is 0. The van der Waals surface area contributed by atoms with Gasteiger partial charge in [-0.3, -0.25) is 10.1 Å². The number of anilines is 2. The minimum atomic E-state index is -0.505. The molecule has 7 heteroatoms. The number of nitro groups is 1. The van der Waals surface area contributed by atoms with Gasteiger partial charge in [0.2, 0.25) is 0 Å². The van der Waals surface area contributed by atoms with Gasteiger partial charge in [-0.15, -0.1) is 0 Å². The number of nitrogens with zero attached hydrogens (tertiary/aromatic N) is 3. The van der Waals surface area contributed by atoms with Gasteiger partial charge in [-0.2, -0.15) is 5.26 Å². The standard InChI is InChI=1S/C18H17FN4O2/c19-16-3-1-2-4-17(16)21-14-7-9-22(10-8-14)18-6-5-15(23(24)25)11-13(18)12-20/h1-6,11,14,21H,7-10H2. The van der Waals surface area contributed by atoms with E-state index in [0.29, 0.717) is 30.0 Å². The lowest BCUT2D eigenvalue weighted by atomic mass is 10.0. The second-order valence-corrected chi connectivity index (χ2v) is 5.96. The number of benzene rings is 2. The normalized spacial score (nSPS) is 14.8. The van der Waals surface area contributed by atoms with Crippen LogP contribution in [0.4, 0.5) is 21.5 Å². The van der Waals surface area contributed by atoms with Crippen LogP contribution < -0.4 is 10.2 Å². The fourth-order valence-electron chi connectivity index (χ4n) is 3.07. The lowest BCUT2D eigenvalue weighted by Crippen LogP contribution is -2.39. The number of hydrogen-bond donors (Lipinski definition) is 1. The highest BCUT2D eigenvalue weighted by Crippen LogP contribution is 2.28. The van der Waals surface area contributed by atoms with Crippen LogP contribution in [0.15, 0.2) is 42.5 Å². The molecule has 1 N–H and O–H groups in total. The molecule has 6 nitrogen and oxygen atoms in total. The number of rotatable bonds is 4. The Kier molecular flexibility index (Phi) is 4.80. The minimum absolute atomic E-state index is 0.0867. The Morgan fingerprint density at radius 3 is 2.60 bits per heavy atom. The van der Waals surface area contributed by atoms with Gasteiger partial charge >= 0.3 is 0 Å². The fourth-order valence-corrected chi connectivity index (χ4v) is 3.07. The lowest BCUT2D eigenvalue weighted by molar-refractivity contribution is -0.384. The first-order valence-electron chi connectivity index (χ1n) is 8.03. The summed E-state index contributed by atoms with van der Waals surface area (Å²) in [6.07, 6.45) is 1.58. The van der Waals surface area contributed by atoms with Gasteiger partial charge < -0.3 is 10.2 Å². The molecule has 1 heterocycles. The van der Waals surface area contributed by atoms with Gasteiger partial charge in [0, 0.05) is 31.3 Å². The van der Waals surface area contributed by atoms with E-state index >= 15 is 0 Å². The van der Waals surface area contributed by atoms with E-state index < -0.39 is 4.92 Å². The molecule has 0 spiro atoms. The van der Waals surface area contributed by atoms with Crippen molar-refractivity contribution < 1.29 is 9.31 Å². The maximum Gasteiger partial charge on any atom is 0.270 e. The Morgan fingerprint density at radius 2 is 1.96 bits per heavy atom. The SMILES string of the molecule is N#Cc1cc([N+](=O)[O-])ccc1N1CCC(Nc2ccccc2F)CC1. The molecule has 25 heavy (non-hydrogen) atoms. The summed E-state index contributed by atoms with van der Waals surface area (Å²) < 4.78 is 13.7. The number of nitrogens with one attached hydrogen (secondary N) is 1. The molecule has 2 aromatic carbocycles. The number of piperidine rings is 1. The molecule has 2 aromatic rings. The molecule has 0 saturated carbocycles. The van der Waals surface area contributed by atoms with E-state index in [-0.39, 0.29) is 17.5 Å². The number of nitro benzene ring substituents is 1. The predicted molar refractivity (Wildman–Crippen MR) is 93.1 cm³/mol. The molecule has 0 aromatic heterocycles. The van der Waals surface area contributed by atoms with E-state index in [1.807, 2.05) is 11.0 Å². The Labute approximate surface area is 144 Å². The average molecular weight is 340 g/mol. The zero-order valence-electron chi connectivity index (χ0n) is 13.5. The van der Waals surface area contributed by atoms with E-state index in [1.165, 1.54) is 18.2 Å². The van der Waals surface area contributed by atoms with Crippen molar-refractivity contribution in [2.75, 3.05) is 23.3 Å². The molecule has 1 aliphatic heterocycles. The van der Waals surface area contributed by atoms with Crippen molar-refractivity contribution in [2.24, 2.45) is 0 Å². The van der Waals surface area contributed by atoms with Crippen molar-refractivity contribution in [3.8, 4) is 6.07 Å². The Balaban J connectivity index is 1.67. The first-order chi connectivity index (χ1) is 12.1. The van der Waals surface area contributed by atoms with Crippen LogP contribution in [0.25, 0.3) is 0 Å². The monoisotopic (exact) mass is 340 g/mol. The largest absolute Gasteiger partial charge is 0.380 e. The fraction of sp³-hybridized carbons (Fsp3) is 0.278. The van der Waals surface area contributed by atoms with Gasteiger partial charge in [0.25, 0.3) is 5.69 Å². The van der Waals surface area contributed by atoms with Crippen molar-refractivity contribution in [3.63, 3.8) is 0 Å². The molecule has 1 aliphatic rings. The first-order valence-corrected chi connectivity index (χ1v) is 8.03. The predicted octanol–water partition coefficient (Wildman–Crippen LogP) is 3.69. The third-order valence-electron chi connectivity index (χ3n) is 4.38. The maximum atomic E-state index is 13.7. The molecule has 0 bridgehead atoms. The highest BCUT2D eigenvalue weighted by atomic mass is 19.1. The summed E-state index contributed by atoms with van der Waals surface area (Å²) in [6.45, 7) is 1.39. The molecule has 0 unspecified atom stereocenters. The van der Waals surface area contributed by atoms with E-state index in [2.05, 4.69) is 5.32 Å². The van der Waals surface area contributed by atoms with Gasteiger partial charge in [0.15, 0.2) is 0 Å². The molecular weight excluding hydrogens is 323 g/mol. The number of halogens is 1. The summed E-state index contributed by atoms with van der Waals surface area (Å²) in [5, 5.41) is 23.3. The van der Waals surface area contributed by atoms with E-state index in [9.17, 15) is 19.8 Å². The number of non-ortho nitro benzene ring substituents is 1. The summed E-state index contributed by atoms with van der Waals surface area (Å²) in [4.78, 5) is 12.4. The van der Waals surface area contributed by atoms with E-state index in [0.717, 1.165) is 12.8 Å². The zero-order valence-corrected chi connectivity index (χ0v) is 13.5. The van der Waals surface area contributed by atoms with Crippen LogP contribution in [0.3, 0.4) is 0 Å². The van der Waals surface area contributed by atoms with Crippen LogP contribution in [-0.2, 0) is 0 Å². The van der Waals surface area contributed by atoms with Crippen LogP contribution >= 0.6 is 0 Å². The van der Waals surface area contributed by atoms with Crippen LogP contribution in [0.1, 0.15) is 18.4 Å². The molecule has 0 aliphatic carbocycles. The van der Waals surface area contributed by atoms with Crippen LogP contribution in [0.5, 0.6) is 0 Å². The highest BCUT2D eigenvalue weighted by Gasteiger charge is 2.22. The van der Waals surface area contributed by atoms with Crippen LogP contribution in [0.2, 0.25) is 0 Å². The Hall–Kier alpha value is -3.14. The number of para-hydroxylation sites is 1. The second-order valence-electron chi connectivity index (χ2n) is 5.96. The van der Waals surface area contributed by atoms with Crippen molar-refractivity contribution >= 4 is 17.1 Å². The van der Waals surface area contributed by atoms with Gasteiger partial charge in [0.1, 0.15) is 11.9 Å². The Morgan fingerprint density at radius 1 is 1.24 bits per heavy atom. The summed E-state index contributed by atoms with van der Waals surface area (Å²) >= 11 is 0. The van der Waals surface area contributed by atoms with Crippen molar-refractivity contribution in [1.29, 1.82) is 5.26 Å². The van der Waals surface area contributed by atoms with Gasteiger partial charge in [-0.25, -0.2) is 4.39 Å². The summed E-state index contributed by atoms with van der Waals surface area (Å²) in [6, 6.07) is 13.1. The van der Waals surface area contributed by atoms with Gasteiger partial charge in [-0.1, -0.05) is 12.1 Å². The quantitative estimate of drug-likeness (QED) is 0.678. The molecule has 1 fully saturated rings. The number of hydrogen-bond acceptors (Lipinski definition) is 5. The number of nitriles is 1. The van der Waals surface area contributed by atoms with Crippen LogP contribution in [0, 0.1) is 27.3 Å². The second kappa shape index (κ2) is 7.18. The molecule has 0 amide bonds. The zero-order chi connectivity index (χ0) is 17.8. The summed E-state index contributed by atoms with van der Waals surface area (Å²) in [5.41, 5.74) is 1.41. The van der Waals surface area contributed by atoms with Crippen molar-refractivity contribution in [3.05, 3.63) is 64.0 Å². The molecule has 3 rings (SSSR count). The third-order valence-corrected chi connectivity index (χ3v) is 4.38. The lowest BCUT2D eigenvalue weighted by Gasteiger charge is -2.34. The van der Waals surface area contributed by atoms with E-state index in [4.69, 9.17) is 0 Å².